The SMILES string of the molecule is Cc1cc(C)c(S(=O)(=O)Nc2cc(C(=O)O)ccc2N2CCCC(CN3CCCC3)C2)c(C)c1. The number of hydrogen-bond acceptors (Lipinski definition) is 5. The third-order valence-corrected chi connectivity index (χ3v) is 8.61. The fraction of sp³-hybridized carbons (Fsp3) is 0.500. The summed E-state index contributed by atoms with van der Waals surface area (Å²) in [6, 6.07) is 8.45. The average Bonchev–Trinajstić information content (AvgIpc) is 3.25. The zero-order valence-electron chi connectivity index (χ0n) is 20.3. The number of carboxylic acids is 1. The molecule has 2 aliphatic rings. The first kappa shape index (κ1) is 24.5. The van der Waals surface area contributed by atoms with Gasteiger partial charge in [-0.25, -0.2) is 13.2 Å². The maximum Gasteiger partial charge on any atom is 0.335 e. The van der Waals surface area contributed by atoms with Crippen LogP contribution in [0.25, 0.3) is 0 Å². The van der Waals surface area contributed by atoms with Crippen molar-refractivity contribution in [3.05, 3.63) is 52.6 Å². The predicted octanol–water partition coefficient (Wildman–Crippen LogP) is 4.42. The fourth-order valence-electron chi connectivity index (χ4n) is 5.58. The molecule has 34 heavy (non-hydrogen) atoms. The maximum absolute atomic E-state index is 13.5. The van der Waals surface area contributed by atoms with Gasteiger partial charge in [-0.1, -0.05) is 17.7 Å². The van der Waals surface area contributed by atoms with E-state index in [1.165, 1.54) is 18.9 Å². The van der Waals surface area contributed by atoms with Gasteiger partial charge in [-0.3, -0.25) is 4.72 Å². The largest absolute Gasteiger partial charge is 0.478 e. The quantitative estimate of drug-likeness (QED) is 0.603. The second-order valence-electron chi connectivity index (χ2n) is 9.83. The zero-order valence-corrected chi connectivity index (χ0v) is 21.1. The number of rotatable bonds is 7. The van der Waals surface area contributed by atoms with Gasteiger partial charge >= 0.3 is 5.97 Å². The summed E-state index contributed by atoms with van der Waals surface area (Å²) in [4.78, 5) is 16.6. The number of carboxylic acid groups (broad SMARTS) is 1. The number of aryl methyl sites for hydroxylation is 3. The monoisotopic (exact) mass is 485 g/mol. The molecule has 2 saturated heterocycles. The van der Waals surface area contributed by atoms with Crippen molar-refractivity contribution in [2.24, 2.45) is 5.92 Å². The Hall–Kier alpha value is -2.58. The highest BCUT2D eigenvalue weighted by Gasteiger charge is 2.27. The van der Waals surface area contributed by atoms with Crippen LogP contribution in [0, 0.1) is 26.7 Å². The Morgan fingerprint density at radius 3 is 2.35 bits per heavy atom. The van der Waals surface area contributed by atoms with Crippen molar-refractivity contribution in [3.8, 4) is 0 Å². The first-order valence-electron chi connectivity index (χ1n) is 12.1. The van der Waals surface area contributed by atoms with Gasteiger partial charge in [0.1, 0.15) is 0 Å². The Labute approximate surface area is 202 Å². The first-order valence-corrected chi connectivity index (χ1v) is 13.6. The average molecular weight is 486 g/mol. The lowest BCUT2D eigenvalue weighted by atomic mass is 9.96. The van der Waals surface area contributed by atoms with E-state index in [9.17, 15) is 18.3 Å². The van der Waals surface area contributed by atoms with Crippen LogP contribution in [0.4, 0.5) is 11.4 Å². The minimum absolute atomic E-state index is 0.0597. The van der Waals surface area contributed by atoms with Gasteiger partial charge < -0.3 is 14.9 Å². The Balaban J connectivity index is 1.65. The highest BCUT2D eigenvalue weighted by molar-refractivity contribution is 7.92. The van der Waals surface area contributed by atoms with Crippen LogP contribution in [0.5, 0.6) is 0 Å². The summed E-state index contributed by atoms with van der Waals surface area (Å²) in [5.41, 5.74) is 3.46. The van der Waals surface area contributed by atoms with Gasteiger partial charge in [-0.15, -0.1) is 0 Å². The van der Waals surface area contributed by atoms with E-state index in [1.807, 2.05) is 19.1 Å². The number of piperidine rings is 1. The Kier molecular flexibility index (Phi) is 7.19. The third-order valence-electron chi connectivity index (χ3n) is 6.94. The van der Waals surface area contributed by atoms with Crippen molar-refractivity contribution in [3.63, 3.8) is 0 Å². The van der Waals surface area contributed by atoms with Gasteiger partial charge in [-0.2, -0.15) is 0 Å². The van der Waals surface area contributed by atoms with E-state index in [1.54, 1.807) is 26.0 Å². The number of anilines is 2. The van der Waals surface area contributed by atoms with E-state index in [0.29, 0.717) is 22.7 Å². The molecule has 0 spiro atoms. The van der Waals surface area contributed by atoms with E-state index in [4.69, 9.17) is 0 Å². The van der Waals surface area contributed by atoms with Crippen LogP contribution in [0.1, 0.15) is 52.7 Å². The lowest BCUT2D eigenvalue weighted by Crippen LogP contribution is -2.40. The second-order valence-corrected chi connectivity index (χ2v) is 11.5. The molecule has 0 radical (unpaired) electrons. The van der Waals surface area contributed by atoms with Crippen molar-refractivity contribution < 1.29 is 18.3 Å². The lowest BCUT2D eigenvalue weighted by molar-refractivity contribution is 0.0697. The topological polar surface area (TPSA) is 89.9 Å². The van der Waals surface area contributed by atoms with Crippen molar-refractivity contribution in [1.82, 2.24) is 4.90 Å². The molecule has 0 saturated carbocycles. The predicted molar refractivity (Wildman–Crippen MR) is 135 cm³/mol. The molecule has 0 aliphatic carbocycles. The van der Waals surface area contributed by atoms with E-state index in [0.717, 1.165) is 56.8 Å². The van der Waals surface area contributed by atoms with Crippen LogP contribution in [0.15, 0.2) is 35.2 Å². The molecule has 2 aromatic carbocycles. The van der Waals surface area contributed by atoms with Crippen LogP contribution < -0.4 is 9.62 Å². The van der Waals surface area contributed by atoms with Gasteiger partial charge in [0.25, 0.3) is 10.0 Å². The molecule has 1 atom stereocenters. The van der Waals surface area contributed by atoms with Crippen molar-refractivity contribution in [2.75, 3.05) is 42.3 Å². The summed E-state index contributed by atoms with van der Waals surface area (Å²) in [7, 11) is -3.91. The van der Waals surface area contributed by atoms with E-state index >= 15 is 0 Å². The summed E-state index contributed by atoms with van der Waals surface area (Å²) in [5, 5.41) is 9.55. The van der Waals surface area contributed by atoms with Crippen LogP contribution in [-0.4, -0.2) is 57.1 Å². The molecule has 2 aromatic rings. The molecular formula is C26H35N3O4S. The van der Waals surface area contributed by atoms with Gasteiger partial charge in [0.05, 0.1) is 21.8 Å². The molecule has 0 amide bonds. The summed E-state index contributed by atoms with van der Waals surface area (Å²) in [6.45, 7) is 10.5. The molecule has 8 heteroatoms. The molecular weight excluding hydrogens is 450 g/mol. The first-order chi connectivity index (χ1) is 16.1. The molecule has 2 aliphatic heterocycles. The van der Waals surface area contributed by atoms with Crippen molar-refractivity contribution >= 4 is 27.4 Å². The van der Waals surface area contributed by atoms with Gasteiger partial charge in [0.2, 0.25) is 0 Å². The Morgan fingerprint density at radius 2 is 1.71 bits per heavy atom. The molecule has 4 rings (SSSR count). The molecule has 0 aromatic heterocycles. The number of hydrogen-bond donors (Lipinski definition) is 2. The maximum atomic E-state index is 13.5. The summed E-state index contributed by atoms with van der Waals surface area (Å²) >= 11 is 0. The second kappa shape index (κ2) is 9.96. The fourth-order valence-corrected chi connectivity index (χ4v) is 7.10. The molecule has 1 unspecified atom stereocenters. The molecule has 2 heterocycles. The normalized spacial score (nSPS) is 19.4. The third kappa shape index (κ3) is 5.39. The van der Waals surface area contributed by atoms with Crippen molar-refractivity contribution in [2.45, 2.75) is 51.3 Å². The highest BCUT2D eigenvalue weighted by Crippen LogP contribution is 2.34. The summed E-state index contributed by atoms with van der Waals surface area (Å²) < 4.78 is 29.7. The number of nitrogens with one attached hydrogen (secondary N) is 1. The molecule has 2 fully saturated rings. The lowest BCUT2D eigenvalue weighted by Gasteiger charge is -2.37. The smallest absolute Gasteiger partial charge is 0.335 e. The van der Waals surface area contributed by atoms with Crippen molar-refractivity contribution in [1.29, 1.82) is 0 Å². The van der Waals surface area contributed by atoms with Crippen LogP contribution in [0.3, 0.4) is 0 Å². The Morgan fingerprint density at radius 1 is 1.03 bits per heavy atom. The molecule has 184 valence electrons. The van der Waals surface area contributed by atoms with Gasteiger partial charge in [-0.05, 0) is 94.8 Å². The Bertz CT molecular complexity index is 1150. The van der Waals surface area contributed by atoms with Gasteiger partial charge in [0, 0.05) is 19.6 Å². The highest BCUT2D eigenvalue weighted by atomic mass is 32.2. The summed E-state index contributed by atoms with van der Waals surface area (Å²) in [6.07, 6.45) is 4.71. The number of likely N-dealkylation sites (tertiary alicyclic amines) is 1. The number of sulfonamides is 1. The van der Waals surface area contributed by atoms with E-state index in [-0.39, 0.29) is 10.5 Å². The minimum Gasteiger partial charge on any atom is -0.478 e. The molecule has 7 nitrogen and oxygen atoms in total. The number of aromatic carboxylic acids is 1. The van der Waals surface area contributed by atoms with Crippen LogP contribution in [0.2, 0.25) is 0 Å². The van der Waals surface area contributed by atoms with Gasteiger partial charge in [0.15, 0.2) is 0 Å². The van der Waals surface area contributed by atoms with E-state index in [2.05, 4.69) is 14.5 Å². The summed E-state index contributed by atoms with van der Waals surface area (Å²) in [5.74, 6) is -0.572. The zero-order chi connectivity index (χ0) is 24.5. The van der Waals surface area contributed by atoms with Crippen LogP contribution in [-0.2, 0) is 10.0 Å². The van der Waals surface area contributed by atoms with E-state index < -0.39 is 16.0 Å². The standard InChI is InChI=1S/C26H35N3O4S/c1-18-13-19(2)25(20(3)14-18)34(32,33)27-23-15-22(26(30)31)8-9-24(23)29-12-6-7-21(17-29)16-28-10-4-5-11-28/h8-9,13-15,21,27H,4-7,10-12,16-17H2,1-3H3,(H,30,31). The van der Waals surface area contributed by atoms with Crippen LogP contribution >= 0.6 is 0 Å². The molecule has 0 bridgehead atoms. The number of carbonyl (C=O) groups is 1. The number of nitrogens with zero attached hydrogens (tertiary/aromatic N) is 2. The molecule has 2 N–H and O–H groups in total. The number of benzene rings is 2. The minimum atomic E-state index is -3.91.